The monoisotopic (exact) mass is 221 g/mol. The van der Waals surface area contributed by atoms with E-state index in [0.717, 1.165) is 12.5 Å². The first-order valence-electron chi connectivity index (χ1n) is 5.03. The molecule has 0 saturated carbocycles. The van der Waals surface area contributed by atoms with Crippen LogP contribution in [0.5, 0.6) is 0 Å². The molecule has 3 N–H and O–H groups in total. The van der Waals surface area contributed by atoms with Crippen LogP contribution in [0.1, 0.15) is 19.4 Å². The minimum atomic E-state index is -0.981. The normalized spacial score (nSPS) is 9.94. The van der Waals surface area contributed by atoms with Crippen LogP contribution in [0.15, 0.2) is 43.0 Å². The molecule has 0 saturated heterocycles. The molecule has 3 nitrogen and oxygen atoms in total. The molecule has 88 valence electrons. The molecule has 0 aliphatic carbocycles. The fraction of sp³-hybridized carbons (Fsp3) is 0.308. The second-order valence-corrected chi connectivity index (χ2v) is 4.19. The second kappa shape index (κ2) is 6.80. The van der Waals surface area contributed by atoms with E-state index in [9.17, 15) is 4.79 Å². The zero-order chi connectivity index (χ0) is 12.6. The molecular weight excluding hydrogens is 202 g/mol. The van der Waals surface area contributed by atoms with Gasteiger partial charge < -0.3 is 10.8 Å². The first-order valence-corrected chi connectivity index (χ1v) is 5.03. The summed E-state index contributed by atoms with van der Waals surface area (Å²) in [6.07, 6.45) is 1.77. The highest BCUT2D eigenvalue weighted by Gasteiger charge is 2.10. The summed E-state index contributed by atoms with van der Waals surface area (Å²) in [6.45, 7) is 7.04. The van der Waals surface area contributed by atoms with Crippen LogP contribution in [0.25, 0.3) is 0 Å². The summed E-state index contributed by atoms with van der Waals surface area (Å²) in [5.41, 5.74) is 7.08. The Morgan fingerprint density at radius 3 is 2.19 bits per heavy atom. The molecule has 0 aliphatic rings. The Morgan fingerprint density at radius 2 is 1.88 bits per heavy atom. The highest BCUT2D eigenvalue weighted by Crippen LogP contribution is 2.08. The minimum absolute atomic E-state index is 0.0959. The number of rotatable bonds is 3. The van der Waals surface area contributed by atoms with Crippen LogP contribution in [0.4, 0.5) is 0 Å². The molecule has 0 aromatic heterocycles. The van der Waals surface area contributed by atoms with Crippen molar-refractivity contribution in [1.29, 1.82) is 0 Å². The molecular formula is C13H19NO2. The van der Waals surface area contributed by atoms with Crippen molar-refractivity contribution < 1.29 is 9.90 Å². The predicted octanol–water partition coefficient (Wildman–Crippen LogP) is 2.22. The fourth-order valence-corrected chi connectivity index (χ4v) is 1.12. The molecule has 0 heterocycles. The lowest BCUT2D eigenvalue weighted by molar-refractivity contribution is -0.131. The van der Waals surface area contributed by atoms with Crippen LogP contribution in [0.3, 0.4) is 0 Å². The maximum absolute atomic E-state index is 9.25. The Morgan fingerprint density at radius 1 is 1.44 bits per heavy atom. The van der Waals surface area contributed by atoms with Gasteiger partial charge in [-0.25, -0.2) is 4.79 Å². The molecule has 1 aromatic carbocycles. The fourth-order valence-electron chi connectivity index (χ4n) is 1.12. The van der Waals surface area contributed by atoms with Crippen molar-refractivity contribution in [3.63, 3.8) is 0 Å². The van der Waals surface area contributed by atoms with Crippen LogP contribution < -0.4 is 5.73 Å². The van der Waals surface area contributed by atoms with Gasteiger partial charge in [-0.15, -0.1) is 0 Å². The van der Waals surface area contributed by atoms with Gasteiger partial charge in [0.1, 0.15) is 0 Å². The number of aliphatic carboxylic acids is 1. The van der Waals surface area contributed by atoms with Crippen molar-refractivity contribution in [2.24, 2.45) is 5.73 Å². The SMILES string of the molecule is C=CC(=O)O.CC(C)(N)Cc1ccccc1. The lowest BCUT2D eigenvalue weighted by Crippen LogP contribution is -2.34. The van der Waals surface area contributed by atoms with Crippen LogP contribution in [-0.2, 0) is 11.2 Å². The van der Waals surface area contributed by atoms with Crippen molar-refractivity contribution in [3.8, 4) is 0 Å². The third-order valence-corrected chi connectivity index (χ3v) is 1.68. The number of nitrogens with two attached hydrogens (primary N) is 1. The van der Waals surface area contributed by atoms with Gasteiger partial charge in [0.15, 0.2) is 0 Å². The third-order valence-electron chi connectivity index (χ3n) is 1.68. The van der Waals surface area contributed by atoms with E-state index >= 15 is 0 Å². The summed E-state index contributed by atoms with van der Waals surface area (Å²) in [5.74, 6) is -0.981. The Labute approximate surface area is 96.6 Å². The van der Waals surface area contributed by atoms with Crippen molar-refractivity contribution in [1.82, 2.24) is 0 Å². The summed E-state index contributed by atoms with van der Waals surface area (Å²) in [5, 5.41) is 7.60. The average Bonchev–Trinajstić information content (AvgIpc) is 2.17. The maximum atomic E-state index is 9.25. The van der Waals surface area contributed by atoms with Gasteiger partial charge in [0.05, 0.1) is 0 Å². The molecule has 0 unspecified atom stereocenters. The number of hydrogen-bond donors (Lipinski definition) is 2. The molecule has 1 rings (SSSR count). The summed E-state index contributed by atoms with van der Waals surface area (Å²) in [7, 11) is 0. The van der Waals surface area contributed by atoms with Gasteiger partial charge in [-0.3, -0.25) is 0 Å². The third kappa shape index (κ3) is 8.97. The van der Waals surface area contributed by atoms with Gasteiger partial charge in [0.2, 0.25) is 0 Å². The Hall–Kier alpha value is -1.61. The highest BCUT2D eigenvalue weighted by molar-refractivity contribution is 5.78. The zero-order valence-electron chi connectivity index (χ0n) is 9.81. The molecule has 0 bridgehead atoms. The van der Waals surface area contributed by atoms with E-state index < -0.39 is 5.97 Å². The van der Waals surface area contributed by atoms with Crippen LogP contribution in [0, 0.1) is 0 Å². The van der Waals surface area contributed by atoms with E-state index in [1.165, 1.54) is 5.56 Å². The number of benzene rings is 1. The van der Waals surface area contributed by atoms with E-state index in [2.05, 4.69) is 18.7 Å². The van der Waals surface area contributed by atoms with Crippen molar-refractivity contribution in [2.45, 2.75) is 25.8 Å². The molecule has 0 fully saturated rings. The molecule has 0 amide bonds. The van der Waals surface area contributed by atoms with Crippen LogP contribution in [-0.4, -0.2) is 16.6 Å². The quantitative estimate of drug-likeness (QED) is 0.769. The van der Waals surface area contributed by atoms with Gasteiger partial charge in [-0.2, -0.15) is 0 Å². The van der Waals surface area contributed by atoms with E-state index in [1.807, 2.05) is 32.0 Å². The Bertz CT molecular complexity index is 326. The molecule has 0 spiro atoms. The Kier molecular flexibility index (Phi) is 6.11. The van der Waals surface area contributed by atoms with E-state index in [-0.39, 0.29) is 5.54 Å². The summed E-state index contributed by atoms with van der Waals surface area (Å²) in [4.78, 5) is 9.25. The van der Waals surface area contributed by atoms with Crippen molar-refractivity contribution in [3.05, 3.63) is 48.6 Å². The number of carbonyl (C=O) groups is 1. The largest absolute Gasteiger partial charge is 0.478 e. The Balaban J connectivity index is 0.000000385. The van der Waals surface area contributed by atoms with Crippen LogP contribution >= 0.6 is 0 Å². The lowest BCUT2D eigenvalue weighted by Gasteiger charge is -2.17. The van der Waals surface area contributed by atoms with Gasteiger partial charge in [-0.05, 0) is 25.8 Å². The molecule has 16 heavy (non-hydrogen) atoms. The molecule has 0 radical (unpaired) electrons. The first-order chi connectivity index (χ1) is 7.35. The van der Waals surface area contributed by atoms with Crippen LogP contribution in [0.2, 0.25) is 0 Å². The average molecular weight is 221 g/mol. The number of hydrogen-bond acceptors (Lipinski definition) is 2. The van der Waals surface area contributed by atoms with E-state index in [0.29, 0.717) is 0 Å². The van der Waals surface area contributed by atoms with Gasteiger partial charge in [-0.1, -0.05) is 36.9 Å². The highest BCUT2D eigenvalue weighted by atomic mass is 16.4. The van der Waals surface area contributed by atoms with E-state index in [1.54, 1.807) is 0 Å². The number of carboxylic acid groups (broad SMARTS) is 1. The van der Waals surface area contributed by atoms with E-state index in [4.69, 9.17) is 10.8 Å². The second-order valence-electron chi connectivity index (χ2n) is 4.19. The standard InChI is InChI=1S/C10H15N.C3H4O2/c1-10(2,11)8-9-6-4-3-5-7-9;1-2-3(4)5/h3-7H,8,11H2,1-2H3;2H,1H2,(H,4,5). The van der Waals surface area contributed by atoms with Crippen molar-refractivity contribution >= 4 is 5.97 Å². The van der Waals surface area contributed by atoms with Gasteiger partial charge >= 0.3 is 5.97 Å². The molecule has 1 aromatic rings. The lowest BCUT2D eigenvalue weighted by atomic mass is 9.96. The summed E-state index contributed by atoms with van der Waals surface area (Å²) >= 11 is 0. The minimum Gasteiger partial charge on any atom is -0.478 e. The smallest absolute Gasteiger partial charge is 0.327 e. The number of carboxylic acids is 1. The topological polar surface area (TPSA) is 63.3 Å². The van der Waals surface area contributed by atoms with Gasteiger partial charge in [0.25, 0.3) is 0 Å². The molecule has 0 aliphatic heterocycles. The maximum Gasteiger partial charge on any atom is 0.327 e. The van der Waals surface area contributed by atoms with Gasteiger partial charge in [0, 0.05) is 11.6 Å². The zero-order valence-corrected chi connectivity index (χ0v) is 9.81. The molecule has 3 heteroatoms. The first kappa shape index (κ1) is 14.4. The predicted molar refractivity (Wildman–Crippen MR) is 66.2 cm³/mol. The summed E-state index contributed by atoms with van der Waals surface area (Å²) in [6, 6.07) is 10.3. The summed E-state index contributed by atoms with van der Waals surface area (Å²) < 4.78 is 0. The van der Waals surface area contributed by atoms with Crippen molar-refractivity contribution in [2.75, 3.05) is 0 Å². The molecule has 0 atom stereocenters.